The Kier molecular flexibility index (Phi) is 5.63. The molecule has 0 unspecified atom stereocenters. The fourth-order valence-corrected chi connectivity index (χ4v) is 3.31. The monoisotopic (exact) mass is 370 g/mol. The number of ether oxygens (including phenoxy) is 1. The Morgan fingerprint density at radius 3 is 2.54 bits per heavy atom. The van der Waals surface area contributed by atoms with Crippen LogP contribution >= 0.6 is 11.6 Å². The van der Waals surface area contributed by atoms with Crippen LogP contribution in [0, 0.1) is 6.92 Å². The lowest BCUT2D eigenvalue weighted by molar-refractivity contribution is 0.414. The van der Waals surface area contributed by atoms with Crippen LogP contribution in [-0.4, -0.2) is 39.6 Å². The second kappa shape index (κ2) is 7.33. The molecule has 0 fully saturated rings. The molecule has 0 atom stereocenters. The van der Waals surface area contributed by atoms with Gasteiger partial charge in [0.1, 0.15) is 17.4 Å². The van der Waals surface area contributed by atoms with E-state index in [-0.39, 0.29) is 16.5 Å². The van der Waals surface area contributed by atoms with Crippen molar-refractivity contribution >= 4 is 27.4 Å². The zero-order valence-electron chi connectivity index (χ0n) is 13.9. The van der Waals surface area contributed by atoms with Crippen molar-refractivity contribution in [2.24, 2.45) is 0 Å². The van der Waals surface area contributed by atoms with Crippen molar-refractivity contribution in [2.75, 3.05) is 26.1 Å². The second-order valence-corrected chi connectivity index (χ2v) is 7.47. The third-order valence-corrected chi connectivity index (χ3v) is 4.89. The first-order valence-electron chi connectivity index (χ1n) is 7.08. The van der Waals surface area contributed by atoms with Crippen LogP contribution in [0.1, 0.15) is 11.5 Å². The van der Waals surface area contributed by atoms with E-state index in [9.17, 15) is 8.42 Å². The lowest BCUT2D eigenvalue weighted by Crippen LogP contribution is -2.25. The predicted molar refractivity (Wildman–Crippen MR) is 93.1 cm³/mol. The lowest BCUT2D eigenvalue weighted by atomic mass is 10.3. The summed E-state index contributed by atoms with van der Waals surface area (Å²) in [6.07, 6.45) is 0. The summed E-state index contributed by atoms with van der Waals surface area (Å²) in [5.74, 6) is 1.51. The largest absolute Gasteiger partial charge is 0.495 e. The van der Waals surface area contributed by atoms with E-state index in [2.05, 4.69) is 14.7 Å². The quantitative estimate of drug-likeness (QED) is 0.837. The van der Waals surface area contributed by atoms with Crippen molar-refractivity contribution in [2.45, 2.75) is 18.4 Å². The molecule has 130 valence electrons. The average Bonchev–Trinajstić information content (AvgIpc) is 2.52. The van der Waals surface area contributed by atoms with Gasteiger partial charge in [-0.05, 0) is 25.1 Å². The minimum Gasteiger partial charge on any atom is -0.495 e. The molecule has 0 spiro atoms. The topological polar surface area (TPSA) is 84.4 Å². The van der Waals surface area contributed by atoms with Crippen LogP contribution in [0.4, 0.5) is 5.82 Å². The fraction of sp³-hybridized carbons (Fsp3) is 0.333. The number of aromatic nitrogens is 2. The number of benzene rings is 1. The van der Waals surface area contributed by atoms with Crippen LogP contribution < -0.4 is 14.4 Å². The first kappa shape index (κ1) is 18.4. The van der Waals surface area contributed by atoms with Gasteiger partial charge in [0.2, 0.25) is 10.0 Å². The van der Waals surface area contributed by atoms with Gasteiger partial charge < -0.3 is 9.64 Å². The molecule has 1 aromatic heterocycles. The summed E-state index contributed by atoms with van der Waals surface area (Å²) >= 11 is 5.98. The Morgan fingerprint density at radius 2 is 1.96 bits per heavy atom. The van der Waals surface area contributed by atoms with Gasteiger partial charge in [0.25, 0.3) is 0 Å². The fourth-order valence-electron chi connectivity index (χ4n) is 1.98. The van der Waals surface area contributed by atoms with E-state index in [1.165, 1.54) is 25.3 Å². The molecule has 0 aliphatic rings. The third-order valence-electron chi connectivity index (χ3n) is 3.20. The molecule has 0 amide bonds. The summed E-state index contributed by atoms with van der Waals surface area (Å²) in [5, 5.41) is 0.224. The molecule has 0 aliphatic carbocycles. The van der Waals surface area contributed by atoms with Gasteiger partial charge in [0, 0.05) is 25.9 Å². The molecular weight excluding hydrogens is 352 g/mol. The van der Waals surface area contributed by atoms with E-state index < -0.39 is 10.0 Å². The maximum atomic E-state index is 12.4. The molecule has 2 aromatic rings. The average molecular weight is 371 g/mol. The van der Waals surface area contributed by atoms with Crippen LogP contribution in [0.3, 0.4) is 0 Å². The highest BCUT2D eigenvalue weighted by Crippen LogP contribution is 2.26. The number of methoxy groups -OCH3 is 1. The van der Waals surface area contributed by atoms with Gasteiger partial charge in [-0.15, -0.1) is 0 Å². The smallest absolute Gasteiger partial charge is 0.241 e. The van der Waals surface area contributed by atoms with Gasteiger partial charge in [-0.25, -0.2) is 23.1 Å². The van der Waals surface area contributed by atoms with E-state index in [0.29, 0.717) is 17.4 Å². The summed E-state index contributed by atoms with van der Waals surface area (Å²) < 4.78 is 32.3. The Balaban J connectivity index is 2.20. The molecule has 1 N–H and O–H groups in total. The molecule has 0 saturated carbocycles. The van der Waals surface area contributed by atoms with Crippen molar-refractivity contribution in [1.29, 1.82) is 0 Å². The number of halogens is 1. The zero-order valence-corrected chi connectivity index (χ0v) is 15.4. The van der Waals surface area contributed by atoms with Crippen LogP contribution in [0.5, 0.6) is 5.75 Å². The molecule has 24 heavy (non-hydrogen) atoms. The van der Waals surface area contributed by atoms with Crippen molar-refractivity contribution in [3.8, 4) is 5.75 Å². The highest BCUT2D eigenvalue weighted by atomic mass is 35.5. The number of hydrogen-bond acceptors (Lipinski definition) is 6. The molecule has 1 aromatic carbocycles. The van der Waals surface area contributed by atoms with Gasteiger partial charge in [-0.2, -0.15) is 0 Å². The van der Waals surface area contributed by atoms with E-state index in [1.807, 2.05) is 32.0 Å². The summed E-state index contributed by atoms with van der Waals surface area (Å²) in [7, 11) is 1.44. The SMILES string of the molecule is COc1ccc(S(=O)(=O)NCc2nc(C)cc(N(C)C)n2)cc1Cl. The molecule has 7 nitrogen and oxygen atoms in total. The van der Waals surface area contributed by atoms with Gasteiger partial charge in [0.15, 0.2) is 0 Å². The number of nitrogens with zero attached hydrogens (tertiary/aromatic N) is 3. The number of anilines is 1. The van der Waals surface area contributed by atoms with E-state index >= 15 is 0 Å². The molecule has 0 saturated heterocycles. The van der Waals surface area contributed by atoms with Crippen LogP contribution in [0.2, 0.25) is 5.02 Å². The number of rotatable bonds is 6. The van der Waals surface area contributed by atoms with E-state index in [1.54, 1.807) is 0 Å². The van der Waals surface area contributed by atoms with Gasteiger partial charge >= 0.3 is 0 Å². The van der Waals surface area contributed by atoms with Gasteiger partial charge in [0.05, 0.1) is 23.6 Å². The van der Waals surface area contributed by atoms with Crippen LogP contribution in [0.25, 0.3) is 0 Å². The molecular formula is C15H19ClN4O3S. The normalized spacial score (nSPS) is 11.4. The van der Waals surface area contributed by atoms with Crippen LogP contribution in [0.15, 0.2) is 29.2 Å². The Labute approximate surface area is 146 Å². The predicted octanol–water partition coefficient (Wildman–Crippen LogP) is 1.99. The second-order valence-electron chi connectivity index (χ2n) is 5.30. The Bertz CT molecular complexity index is 841. The highest BCUT2D eigenvalue weighted by Gasteiger charge is 2.17. The van der Waals surface area contributed by atoms with E-state index in [0.717, 1.165) is 5.69 Å². The lowest BCUT2D eigenvalue weighted by Gasteiger charge is -2.13. The maximum absolute atomic E-state index is 12.4. The van der Waals surface area contributed by atoms with Crippen molar-refractivity contribution in [3.63, 3.8) is 0 Å². The summed E-state index contributed by atoms with van der Waals surface area (Å²) in [6, 6.07) is 6.09. The first-order valence-corrected chi connectivity index (χ1v) is 8.94. The molecule has 0 aliphatic heterocycles. The number of nitrogens with one attached hydrogen (secondary N) is 1. The van der Waals surface area contributed by atoms with Crippen molar-refractivity contribution < 1.29 is 13.2 Å². The van der Waals surface area contributed by atoms with Gasteiger partial charge in [-0.3, -0.25) is 0 Å². The van der Waals surface area contributed by atoms with E-state index in [4.69, 9.17) is 16.3 Å². The Morgan fingerprint density at radius 1 is 1.25 bits per heavy atom. The number of hydrogen-bond donors (Lipinski definition) is 1. The minimum atomic E-state index is -3.74. The molecule has 2 rings (SSSR count). The summed E-state index contributed by atoms with van der Waals surface area (Å²) in [6.45, 7) is 1.81. The molecule has 9 heteroatoms. The highest BCUT2D eigenvalue weighted by molar-refractivity contribution is 7.89. The zero-order chi connectivity index (χ0) is 17.9. The molecule has 0 radical (unpaired) electrons. The number of sulfonamides is 1. The molecule has 1 heterocycles. The maximum Gasteiger partial charge on any atom is 0.241 e. The Hall–Kier alpha value is -1.90. The summed E-state index contributed by atoms with van der Waals surface area (Å²) in [4.78, 5) is 10.4. The molecule has 0 bridgehead atoms. The summed E-state index contributed by atoms with van der Waals surface area (Å²) in [5.41, 5.74) is 0.760. The van der Waals surface area contributed by atoms with Crippen LogP contribution in [-0.2, 0) is 16.6 Å². The van der Waals surface area contributed by atoms with Crippen molar-refractivity contribution in [3.05, 3.63) is 40.8 Å². The number of aryl methyl sites for hydroxylation is 1. The standard InChI is InChI=1S/C15H19ClN4O3S/c1-10-7-15(20(2)3)19-14(18-10)9-17-24(21,22)11-5-6-13(23-4)12(16)8-11/h5-8,17H,9H2,1-4H3. The van der Waals surface area contributed by atoms with Crippen molar-refractivity contribution in [1.82, 2.24) is 14.7 Å². The van der Waals surface area contributed by atoms with Gasteiger partial charge in [-0.1, -0.05) is 11.6 Å². The first-order chi connectivity index (χ1) is 11.2. The third kappa shape index (κ3) is 4.34. The minimum absolute atomic E-state index is 0.0193.